The average Bonchev–Trinajstić information content (AvgIpc) is 2.92. The molecule has 0 bridgehead atoms. The zero-order chi connectivity index (χ0) is 15.2. The molecule has 1 aromatic carbocycles. The molecule has 0 saturated carbocycles. The lowest BCUT2D eigenvalue weighted by Crippen LogP contribution is -2.15. The summed E-state index contributed by atoms with van der Waals surface area (Å²) in [5, 5.41) is 3.15. The quantitative estimate of drug-likeness (QED) is 0.854. The summed E-state index contributed by atoms with van der Waals surface area (Å²) in [7, 11) is 1.66. The summed E-state index contributed by atoms with van der Waals surface area (Å²) < 4.78 is 11.2. The summed E-state index contributed by atoms with van der Waals surface area (Å²) in [5.74, 6) is 1.78. The van der Waals surface area contributed by atoms with Crippen LogP contribution in [-0.2, 0) is 6.42 Å². The van der Waals surface area contributed by atoms with Crippen LogP contribution in [0.1, 0.15) is 29.1 Å². The van der Waals surface area contributed by atoms with E-state index >= 15 is 0 Å². The van der Waals surface area contributed by atoms with Crippen LogP contribution < -0.4 is 15.2 Å². The highest BCUT2D eigenvalue weighted by Crippen LogP contribution is 2.34. The van der Waals surface area contributed by atoms with Gasteiger partial charge < -0.3 is 15.2 Å². The molecule has 1 unspecified atom stereocenters. The van der Waals surface area contributed by atoms with Gasteiger partial charge in [0.1, 0.15) is 0 Å². The molecule has 114 valence electrons. The molecule has 1 atom stereocenters. The minimum atomic E-state index is 0.204. The molecule has 1 aromatic heterocycles. The van der Waals surface area contributed by atoms with Gasteiger partial charge in [-0.2, -0.15) is 0 Å². The van der Waals surface area contributed by atoms with Gasteiger partial charge in [0, 0.05) is 23.5 Å². The van der Waals surface area contributed by atoms with Crippen LogP contribution in [0.2, 0.25) is 0 Å². The lowest BCUT2D eigenvalue weighted by molar-refractivity contribution is 0.307. The van der Waals surface area contributed by atoms with Crippen molar-refractivity contribution in [3.8, 4) is 11.5 Å². The smallest absolute Gasteiger partial charge is 0.164 e. The molecule has 2 N–H and O–H groups in total. The third kappa shape index (κ3) is 3.74. The van der Waals surface area contributed by atoms with Gasteiger partial charge in [0.05, 0.1) is 18.7 Å². The molecule has 1 heterocycles. The zero-order valence-electron chi connectivity index (χ0n) is 12.8. The number of hydrogen-bond acceptors (Lipinski definition) is 5. The zero-order valence-corrected chi connectivity index (χ0v) is 13.6. The second-order valence-electron chi connectivity index (χ2n) is 4.85. The van der Waals surface area contributed by atoms with Crippen LogP contribution in [0.4, 0.5) is 0 Å². The molecular weight excluding hydrogens is 284 g/mol. The van der Waals surface area contributed by atoms with Gasteiger partial charge in [-0.1, -0.05) is 12.1 Å². The predicted octanol–water partition coefficient (Wildman–Crippen LogP) is 3.14. The van der Waals surface area contributed by atoms with E-state index in [1.54, 1.807) is 18.4 Å². The van der Waals surface area contributed by atoms with Crippen molar-refractivity contribution >= 4 is 11.3 Å². The lowest BCUT2D eigenvalue weighted by Gasteiger charge is -2.17. The van der Waals surface area contributed by atoms with E-state index in [0.717, 1.165) is 34.2 Å². The van der Waals surface area contributed by atoms with Crippen LogP contribution in [0.15, 0.2) is 23.6 Å². The Bertz CT molecular complexity index is 583. The highest BCUT2D eigenvalue weighted by atomic mass is 32.1. The van der Waals surface area contributed by atoms with Gasteiger partial charge in [-0.25, -0.2) is 4.98 Å². The maximum Gasteiger partial charge on any atom is 0.164 e. The van der Waals surface area contributed by atoms with E-state index in [9.17, 15) is 0 Å². The highest BCUT2D eigenvalue weighted by Gasteiger charge is 2.18. The largest absolute Gasteiger partial charge is 0.493 e. The number of para-hydroxylation sites is 1. The molecule has 21 heavy (non-hydrogen) atoms. The second kappa shape index (κ2) is 7.43. The standard InChI is InChI=1S/C16H22N2O2S/c1-4-20-15-12(6-5-7-14(15)19-3)8-13(9-17)16-18-11(2)10-21-16/h5-7,10,13H,4,8-9,17H2,1-3H3. The van der Waals surface area contributed by atoms with Crippen LogP contribution in [0.25, 0.3) is 0 Å². The normalized spacial score (nSPS) is 12.2. The minimum absolute atomic E-state index is 0.204. The maximum absolute atomic E-state index is 5.95. The molecule has 0 aliphatic carbocycles. The van der Waals surface area contributed by atoms with E-state index in [1.165, 1.54) is 0 Å². The minimum Gasteiger partial charge on any atom is -0.493 e. The Morgan fingerprint density at radius 3 is 2.76 bits per heavy atom. The fourth-order valence-electron chi connectivity index (χ4n) is 2.29. The summed E-state index contributed by atoms with van der Waals surface area (Å²) >= 11 is 1.67. The summed E-state index contributed by atoms with van der Waals surface area (Å²) in [5.41, 5.74) is 8.11. The predicted molar refractivity (Wildman–Crippen MR) is 86.5 cm³/mol. The molecule has 2 aromatic rings. The van der Waals surface area contributed by atoms with Gasteiger partial charge in [0.25, 0.3) is 0 Å². The number of nitrogens with zero attached hydrogens (tertiary/aromatic N) is 1. The first-order chi connectivity index (χ1) is 10.2. The number of aryl methyl sites for hydroxylation is 1. The summed E-state index contributed by atoms with van der Waals surface area (Å²) in [6, 6.07) is 5.97. The van der Waals surface area contributed by atoms with E-state index in [2.05, 4.69) is 16.4 Å². The molecule has 2 rings (SSSR count). The van der Waals surface area contributed by atoms with Crippen molar-refractivity contribution in [2.24, 2.45) is 5.73 Å². The Morgan fingerprint density at radius 1 is 1.38 bits per heavy atom. The van der Waals surface area contributed by atoms with E-state index in [-0.39, 0.29) is 5.92 Å². The second-order valence-corrected chi connectivity index (χ2v) is 5.74. The lowest BCUT2D eigenvalue weighted by atomic mass is 9.99. The first-order valence-electron chi connectivity index (χ1n) is 7.10. The number of rotatable bonds is 7. The Hall–Kier alpha value is -1.59. The third-order valence-corrected chi connectivity index (χ3v) is 4.43. The number of thiazole rings is 1. The number of hydrogen-bond donors (Lipinski definition) is 1. The highest BCUT2D eigenvalue weighted by molar-refractivity contribution is 7.09. The van der Waals surface area contributed by atoms with E-state index in [1.807, 2.05) is 26.0 Å². The Kier molecular flexibility index (Phi) is 5.59. The fourth-order valence-corrected chi connectivity index (χ4v) is 3.20. The van der Waals surface area contributed by atoms with E-state index in [4.69, 9.17) is 15.2 Å². The number of ether oxygens (including phenoxy) is 2. The third-order valence-electron chi connectivity index (χ3n) is 3.31. The van der Waals surface area contributed by atoms with Crippen molar-refractivity contribution in [2.45, 2.75) is 26.2 Å². The van der Waals surface area contributed by atoms with Gasteiger partial charge in [0.15, 0.2) is 11.5 Å². The molecule has 0 amide bonds. The SMILES string of the molecule is CCOc1c(CC(CN)c2nc(C)cs2)cccc1OC. The van der Waals surface area contributed by atoms with Crippen LogP contribution >= 0.6 is 11.3 Å². The van der Waals surface area contributed by atoms with Crippen LogP contribution in [0.3, 0.4) is 0 Å². The van der Waals surface area contributed by atoms with Crippen LogP contribution in [0.5, 0.6) is 11.5 Å². The summed E-state index contributed by atoms with van der Waals surface area (Å²) in [6.07, 6.45) is 0.802. The molecule has 0 saturated heterocycles. The van der Waals surface area contributed by atoms with Crippen molar-refractivity contribution in [2.75, 3.05) is 20.3 Å². The molecule has 4 nitrogen and oxygen atoms in total. The van der Waals surface area contributed by atoms with Crippen molar-refractivity contribution in [3.63, 3.8) is 0 Å². The first kappa shape index (κ1) is 15.8. The number of benzene rings is 1. The van der Waals surface area contributed by atoms with Gasteiger partial charge >= 0.3 is 0 Å². The monoisotopic (exact) mass is 306 g/mol. The average molecular weight is 306 g/mol. The first-order valence-corrected chi connectivity index (χ1v) is 7.98. The summed E-state index contributed by atoms with van der Waals surface area (Å²) in [4.78, 5) is 4.56. The topological polar surface area (TPSA) is 57.4 Å². The van der Waals surface area contributed by atoms with Gasteiger partial charge in [0.2, 0.25) is 0 Å². The van der Waals surface area contributed by atoms with Gasteiger partial charge in [-0.3, -0.25) is 0 Å². The molecule has 0 aliphatic heterocycles. The van der Waals surface area contributed by atoms with E-state index in [0.29, 0.717) is 13.2 Å². The summed E-state index contributed by atoms with van der Waals surface area (Å²) in [6.45, 7) is 5.15. The molecule has 5 heteroatoms. The number of nitrogens with two attached hydrogens (primary N) is 1. The van der Waals surface area contributed by atoms with Crippen molar-refractivity contribution in [3.05, 3.63) is 39.8 Å². The fraction of sp³-hybridized carbons (Fsp3) is 0.438. The van der Waals surface area contributed by atoms with Crippen molar-refractivity contribution in [1.82, 2.24) is 4.98 Å². The molecule has 0 fully saturated rings. The molecular formula is C16H22N2O2S. The Balaban J connectivity index is 2.28. The molecule has 0 radical (unpaired) electrons. The van der Waals surface area contributed by atoms with Crippen LogP contribution in [0, 0.1) is 6.92 Å². The van der Waals surface area contributed by atoms with Crippen LogP contribution in [-0.4, -0.2) is 25.2 Å². The maximum atomic E-state index is 5.95. The van der Waals surface area contributed by atoms with Crippen molar-refractivity contribution < 1.29 is 9.47 Å². The molecule has 0 aliphatic rings. The van der Waals surface area contributed by atoms with Crippen molar-refractivity contribution in [1.29, 1.82) is 0 Å². The Morgan fingerprint density at radius 2 is 2.19 bits per heavy atom. The Labute approximate surface area is 129 Å². The number of methoxy groups -OCH3 is 1. The molecule has 0 spiro atoms. The number of aromatic nitrogens is 1. The van der Waals surface area contributed by atoms with Gasteiger partial charge in [-0.05, 0) is 31.9 Å². The van der Waals surface area contributed by atoms with Gasteiger partial charge in [-0.15, -0.1) is 11.3 Å². The van der Waals surface area contributed by atoms with E-state index < -0.39 is 0 Å².